The number of alkyl halides is 1. The van der Waals surface area contributed by atoms with E-state index in [4.69, 9.17) is 30.4 Å². The Morgan fingerprint density at radius 1 is 1.06 bits per heavy atom. The predicted octanol–water partition coefficient (Wildman–Crippen LogP) is 6.03. The van der Waals surface area contributed by atoms with Crippen LogP contribution in [0.3, 0.4) is 0 Å². The van der Waals surface area contributed by atoms with Gasteiger partial charge in [-0.3, -0.25) is 9.80 Å². The zero-order valence-electron chi connectivity index (χ0n) is 30.7. The van der Waals surface area contributed by atoms with Gasteiger partial charge >= 0.3 is 12.1 Å². The van der Waals surface area contributed by atoms with Crippen molar-refractivity contribution in [3.05, 3.63) is 41.5 Å². The Hall–Kier alpha value is -4.94. The lowest BCUT2D eigenvalue weighted by atomic mass is 9.95. The topological polar surface area (TPSA) is 115 Å². The van der Waals surface area contributed by atoms with Gasteiger partial charge in [0.15, 0.2) is 23.9 Å². The summed E-state index contributed by atoms with van der Waals surface area (Å²) in [7, 11) is 1.47. The van der Waals surface area contributed by atoms with Gasteiger partial charge in [-0.1, -0.05) is 12.0 Å². The monoisotopic (exact) mass is 745 g/mol. The lowest BCUT2D eigenvalue weighted by Crippen LogP contribution is -2.57. The standard InChI is InChI=1S/C39H42F3N7O5/c1-6-27-29(41)11-8-22-14-26(53-21-51-5)15-28(30(22)27)32-31(42)33-34(46-45-32)35(44-36(43-33)52-20-39-12-7-13-48(39)17-23(40)16-39)47-18-24-9-10-25(19-47)49(24)37(50)54-38(2,3)4/h1,8,11,14-15,23-25H,7,9-10,12-13,16-21H2,2-5H3/t23-,24?,25?,39+/m1/s1. The predicted molar refractivity (Wildman–Crippen MR) is 194 cm³/mol. The Labute approximate surface area is 310 Å². The van der Waals surface area contributed by atoms with Crippen molar-refractivity contribution in [2.75, 3.05) is 51.6 Å². The van der Waals surface area contributed by atoms with Crippen LogP contribution in [0.1, 0.15) is 58.4 Å². The number of benzene rings is 2. The number of hydrogen-bond donors (Lipinski definition) is 0. The van der Waals surface area contributed by atoms with Crippen LogP contribution < -0.4 is 14.4 Å². The maximum Gasteiger partial charge on any atom is 0.410 e. The highest BCUT2D eigenvalue weighted by Crippen LogP contribution is 2.42. The Balaban J connectivity index is 1.24. The summed E-state index contributed by atoms with van der Waals surface area (Å²) in [6.45, 7) is 7.39. The molecule has 2 aromatic heterocycles. The fourth-order valence-corrected chi connectivity index (χ4v) is 8.67. The highest BCUT2D eigenvalue weighted by Gasteiger charge is 2.50. The van der Waals surface area contributed by atoms with Crippen LogP contribution in [0, 0.1) is 24.0 Å². The van der Waals surface area contributed by atoms with E-state index >= 15 is 8.78 Å². The highest BCUT2D eigenvalue weighted by atomic mass is 19.1. The normalized spacial score (nSPS) is 23.9. The molecular formula is C39H42F3N7O5. The SMILES string of the molecule is C#Cc1c(F)ccc2cc(OCOC)cc(-c3nnc4c(N5CC6CCC(C5)N6C(=O)OC(C)(C)C)nc(OC[C@@]56CCCN5C[C@H](F)C6)nc4c3F)c12. The van der Waals surface area contributed by atoms with E-state index in [0.29, 0.717) is 43.0 Å². The summed E-state index contributed by atoms with van der Waals surface area (Å²) in [6, 6.07) is 5.45. The number of halogens is 3. The second kappa shape index (κ2) is 13.7. The van der Waals surface area contributed by atoms with Crippen molar-refractivity contribution >= 4 is 33.7 Å². The maximum absolute atomic E-state index is 17.2. The first-order chi connectivity index (χ1) is 25.9. The molecule has 4 fully saturated rings. The van der Waals surface area contributed by atoms with E-state index in [9.17, 15) is 9.18 Å². The van der Waals surface area contributed by atoms with Gasteiger partial charge in [0.2, 0.25) is 0 Å². The fourth-order valence-electron chi connectivity index (χ4n) is 8.67. The van der Waals surface area contributed by atoms with Crippen LogP contribution in [0.5, 0.6) is 11.8 Å². The summed E-state index contributed by atoms with van der Waals surface area (Å²) in [4.78, 5) is 28.5. The number of methoxy groups -OCH3 is 1. The lowest BCUT2D eigenvalue weighted by Gasteiger charge is -2.41. The molecule has 1 amide bonds. The number of nitrogens with zero attached hydrogens (tertiary/aromatic N) is 7. The van der Waals surface area contributed by atoms with Gasteiger partial charge in [0, 0.05) is 44.1 Å². The second-order valence-corrected chi connectivity index (χ2v) is 15.6. The minimum absolute atomic E-state index is 0.0732. The number of piperazine rings is 1. The quantitative estimate of drug-likeness (QED) is 0.156. The van der Waals surface area contributed by atoms with Crippen molar-refractivity contribution in [3.63, 3.8) is 0 Å². The average molecular weight is 746 g/mol. The number of aromatic nitrogens is 4. The molecule has 0 saturated carbocycles. The van der Waals surface area contributed by atoms with E-state index in [0.717, 1.165) is 32.2 Å². The molecule has 8 rings (SSSR count). The number of fused-ring (bicyclic) bond motifs is 5. The van der Waals surface area contributed by atoms with Gasteiger partial charge in [0.05, 0.1) is 23.2 Å². The molecule has 6 heterocycles. The molecule has 54 heavy (non-hydrogen) atoms. The molecule has 12 nitrogen and oxygen atoms in total. The molecular weight excluding hydrogens is 703 g/mol. The Kier molecular flexibility index (Phi) is 9.16. The summed E-state index contributed by atoms with van der Waals surface area (Å²) in [5.74, 6) is 1.49. The van der Waals surface area contributed by atoms with E-state index in [2.05, 4.69) is 26.0 Å². The zero-order valence-corrected chi connectivity index (χ0v) is 30.7. The molecule has 0 aliphatic carbocycles. The summed E-state index contributed by atoms with van der Waals surface area (Å²) < 4.78 is 69.8. The minimum Gasteiger partial charge on any atom is -0.468 e. The van der Waals surface area contributed by atoms with Gasteiger partial charge in [-0.25, -0.2) is 18.0 Å². The van der Waals surface area contributed by atoms with Crippen LogP contribution in [0.4, 0.5) is 23.8 Å². The number of carbonyl (C=O) groups excluding carboxylic acids is 1. The first-order valence-corrected chi connectivity index (χ1v) is 18.2. The number of anilines is 1. The van der Waals surface area contributed by atoms with E-state index in [1.54, 1.807) is 11.0 Å². The summed E-state index contributed by atoms with van der Waals surface area (Å²) in [6.07, 6.45) is 7.94. The third kappa shape index (κ3) is 6.38. The minimum atomic E-state index is -0.967. The van der Waals surface area contributed by atoms with Crippen molar-refractivity contribution in [2.45, 2.75) is 82.3 Å². The van der Waals surface area contributed by atoms with Crippen LogP contribution in [-0.4, -0.2) is 112 Å². The number of ether oxygens (including phenoxy) is 4. The van der Waals surface area contributed by atoms with Crippen molar-refractivity contribution in [2.24, 2.45) is 0 Å². The summed E-state index contributed by atoms with van der Waals surface area (Å²) in [5, 5.41) is 9.59. The lowest BCUT2D eigenvalue weighted by molar-refractivity contribution is 0.0122. The molecule has 4 aliphatic rings. The van der Waals surface area contributed by atoms with Gasteiger partial charge in [-0.2, -0.15) is 9.97 Å². The Morgan fingerprint density at radius 2 is 1.83 bits per heavy atom. The smallest absolute Gasteiger partial charge is 0.410 e. The molecule has 0 N–H and O–H groups in total. The van der Waals surface area contributed by atoms with Crippen molar-refractivity contribution in [1.29, 1.82) is 0 Å². The molecule has 4 aliphatic heterocycles. The molecule has 2 unspecified atom stereocenters. The summed E-state index contributed by atoms with van der Waals surface area (Å²) >= 11 is 0. The molecule has 2 aromatic carbocycles. The molecule has 4 aromatic rings. The van der Waals surface area contributed by atoms with E-state index in [1.165, 1.54) is 25.3 Å². The number of rotatable bonds is 8. The first kappa shape index (κ1) is 36.1. The Morgan fingerprint density at radius 3 is 2.56 bits per heavy atom. The van der Waals surface area contributed by atoms with Crippen molar-refractivity contribution in [3.8, 4) is 35.4 Å². The van der Waals surface area contributed by atoms with Crippen LogP contribution in [0.15, 0.2) is 24.3 Å². The van der Waals surface area contributed by atoms with E-state index < -0.39 is 28.9 Å². The largest absolute Gasteiger partial charge is 0.468 e. The van der Waals surface area contributed by atoms with Crippen LogP contribution in [-0.2, 0) is 9.47 Å². The summed E-state index contributed by atoms with van der Waals surface area (Å²) in [5.41, 5.74) is -1.42. The fraction of sp³-hybridized carbons (Fsp3) is 0.513. The molecule has 0 radical (unpaired) electrons. The third-order valence-electron chi connectivity index (χ3n) is 10.9. The molecule has 284 valence electrons. The third-order valence-corrected chi connectivity index (χ3v) is 10.9. The van der Waals surface area contributed by atoms with Crippen LogP contribution in [0.25, 0.3) is 33.1 Å². The molecule has 15 heteroatoms. The molecule has 0 spiro atoms. The van der Waals surface area contributed by atoms with E-state index in [1.807, 2.05) is 25.7 Å². The van der Waals surface area contributed by atoms with Crippen molar-refractivity contribution < 1.29 is 36.9 Å². The van der Waals surface area contributed by atoms with Gasteiger partial charge in [-0.15, -0.1) is 16.6 Å². The average Bonchev–Trinajstić information content (AvgIpc) is 3.75. The number of hydrogen-bond acceptors (Lipinski definition) is 11. The van der Waals surface area contributed by atoms with Gasteiger partial charge in [-0.05, 0) is 76.6 Å². The number of terminal acetylenes is 1. The van der Waals surface area contributed by atoms with Gasteiger partial charge in [0.25, 0.3) is 0 Å². The first-order valence-electron chi connectivity index (χ1n) is 18.2. The van der Waals surface area contributed by atoms with Crippen molar-refractivity contribution in [1.82, 2.24) is 30.0 Å². The van der Waals surface area contributed by atoms with E-state index in [-0.39, 0.29) is 70.8 Å². The number of amides is 1. The van der Waals surface area contributed by atoms with Crippen LogP contribution >= 0.6 is 0 Å². The Bertz CT molecular complexity index is 2160. The zero-order chi connectivity index (χ0) is 37.9. The molecule has 4 atom stereocenters. The maximum atomic E-state index is 17.2. The van der Waals surface area contributed by atoms with Gasteiger partial charge in [0.1, 0.15) is 41.2 Å². The van der Waals surface area contributed by atoms with Gasteiger partial charge < -0.3 is 23.8 Å². The molecule has 2 bridgehead atoms. The van der Waals surface area contributed by atoms with Crippen LogP contribution in [0.2, 0.25) is 0 Å². The molecule has 4 saturated heterocycles. The second-order valence-electron chi connectivity index (χ2n) is 15.6. The highest BCUT2D eigenvalue weighted by molar-refractivity contribution is 6.02. The number of carbonyl (C=O) groups is 1.